The van der Waals surface area contributed by atoms with Crippen molar-refractivity contribution in [2.75, 3.05) is 13.2 Å². The molecule has 0 aliphatic heterocycles. The van der Waals surface area contributed by atoms with E-state index in [1.54, 1.807) is 0 Å². The molecule has 4 rings (SSSR count). The zero-order valence-electron chi connectivity index (χ0n) is 21.5. The van der Waals surface area contributed by atoms with Crippen molar-refractivity contribution in [1.82, 2.24) is 0 Å². The third-order valence-corrected chi connectivity index (χ3v) is 5.91. The average Bonchev–Trinajstić information content (AvgIpc) is 3.02. The lowest BCUT2D eigenvalue weighted by Gasteiger charge is -2.13. The lowest BCUT2D eigenvalue weighted by molar-refractivity contribution is -0.146. The molecule has 6 nitrogen and oxygen atoms in total. The second kappa shape index (κ2) is 13.7. The van der Waals surface area contributed by atoms with E-state index >= 15 is 0 Å². The highest BCUT2D eigenvalue weighted by molar-refractivity contribution is 6.05. The lowest BCUT2D eigenvalue weighted by atomic mass is 9.93. The van der Waals surface area contributed by atoms with Crippen LogP contribution in [0.25, 0.3) is 16.0 Å². The molecule has 0 saturated heterocycles. The normalized spacial score (nSPS) is 9.85. The van der Waals surface area contributed by atoms with Gasteiger partial charge in [0.05, 0.1) is 6.57 Å². The molecule has 0 aliphatic rings. The van der Waals surface area contributed by atoms with Crippen LogP contribution in [0.2, 0.25) is 0 Å². The smallest absolute Gasteiger partial charge is 0.349 e. The summed E-state index contributed by atoms with van der Waals surface area (Å²) in [6.07, 6.45) is 0. The molecule has 6 heteroatoms. The third kappa shape index (κ3) is 6.58. The first-order chi connectivity index (χ1) is 19.6. The summed E-state index contributed by atoms with van der Waals surface area (Å²) in [6, 6.07) is 38.4. The Labute approximate surface area is 232 Å². The molecule has 40 heavy (non-hydrogen) atoms. The second-order valence-corrected chi connectivity index (χ2v) is 8.43. The Morgan fingerprint density at radius 3 is 1.30 bits per heavy atom. The van der Waals surface area contributed by atoms with E-state index < -0.39 is 11.9 Å². The molecule has 0 spiro atoms. The predicted molar refractivity (Wildman–Crippen MR) is 152 cm³/mol. The molecule has 0 saturated carbocycles. The van der Waals surface area contributed by atoms with E-state index in [0.717, 1.165) is 0 Å². The Morgan fingerprint density at radius 1 is 0.600 bits per heavy atom. The Bertz CT molecular complexity index is 1410. The van der Waals surface area contributed by atoms with Crippen LogP contribution in [0, 0.1) is 17.9 Å². The van der Waals surface area contributed by atoms with E-state index in [9.17, 15) is 14.9 Å². The highest BCUT2D eigenvalue weighted by Crippen LogP contribution is 2.29. The van der Waals surface area contributed by atoms with E-state index in [2.05, 4.69) is 4.85 Å². The molecule has 0 fully saturated rings. The van der Waals surface area contributed by atoms with Crippen LogP contribution in [-0.2, 0) is 19.1 Å². The van der Waals surface area contributed by atoms with Crippen LogP contribution in [0.3, 0.4) is 0 Å². The number of carbonyl (C=O) groups is 2. The van der Waals surface area contributed by atoms with Crippen molar-refractivity contribution in [3.63, 3.8) is 0 Å². The first kappa shape index (κ1) is 27.3. The zero-order chi connectivity index (χ0) is 28.2. The number of nitrogens with zero attached hydrogens (tertiary/aromatic N) is 2. The van der Waals surface area contributed by atoms with Crippen molar-refractivity contribution >= 4 is 23.1 Å². The third-order valence-electron chi connectivity index (χ3n) is 5.91. The van der Waals surface area contributed by atoms with Crippen molar-refractivity contribution in [2.45, 2.75) is 0 Å². The van der Waals surface area contributed by atoms with E-state index in [4.69, 9.17) is 16.0 Å². The maximum atomic E-state index is 13.0. The summed E-state index contributed by atoms with van der Waals surface area (Å²) in [5, 5.41) is 9.88. The molecule has 4 aromatic carbocycles. The van der Waals surface area contributed by atoms with Crippen LogP contribution >= 0.6 is 0 Å². The van der Waals surface area contributed by atoms with Crippen molar-refractivity contribution in [3.05, 3.63) is 166 Å². The van der Waals surface area contributed by atoms with Gasteiger partial charge in [0.2, 0.25) is 0 Å². The van der Waals surface area contributed by atoms with Crippen LogP contribution in [-0.4, -0.2) is 25.2 Å². The minimum absolute atomic E-state index is 0.166. The number of esters is 2. The molecule has 0 bridgehead atoms. The largest absolute Gasteiger partial charge is 0.467 e. The molecule has 0 unspecified atom stereocenters. The molecular weight excluding hydrogens is 500 g/mol. The summed E-state index contributed by atoms with van der Waals surface area (Å²) in [6.45, 7) is 7.12. The van der Waals surface area contributed by atoms with E-state index in [-0.39, 0.29) is 24.5 Å². The summed E-state index contributed by atoms with van der Waals surface area (Å²) in [5.74, 6) is -1.67. The predicted octanol–water partition coefficient (Wildman–Crippen LogP) is 6.48. The molecule has 0 N–H and O–H groups in total. The van der Waals surface area contributed by atoms with Gasteiger partial charge in [-0.25, -0.2) is 9.64 Å². The fourth-order valence-corrected chi connectivity index (χ4v) is 4.13. The first-order valence-corrected chi connectivity index (χ1v) is 12.5. The van der Waals surface area contributed by atoms with E-state index in [1.807, 2.05) is 127 Å². The number of ether oxygens (including phenoxy) is 2. The Kier molecular flexibility index (Phi) is 9.37. The maximum Gasteiger partial charge on any atom is 0.349 e. The van der Waals surface area contributed by atoms with Gasteiger partial charge in [-0.15, -0.1) is 0 Å². The fraction of sp³-hybridized carbons (Fsp3) is 0.0588. The minimum atomic E-state index is -0.837. The topological polar surface area (TPSA) is 80.8 Å². The van der Waals surface area contributed by atoms with Gasteiger partial charge >= 0.3 is 11.9 Å². The number of rotatable bonds is 9. The van der Waals surface area contributed by atoms with Gasteiger partial charge in [-0.1, -0.05) is 121 Å². The van der Waals surface area contributed by atoms with E-state index in [1.165, 1.54) is 0 Å². The Morgan fingerprint density at radius 2 is 0.950 bits per heavy atom. The summed E-state index contributed by atoms with van der Waals surface area (Å²) in [4.78, 5) is 29.4. The molecule has 0 atom stereocenters. The maximum absolute atomic E-state index is 13.0. The van der Waals surface area contributed by atoms with Crippen LogP contribution in [0.1, 0.15) is 22.3 Å². The summed E-state index contributed by atoms with van der Waals surface area (Å²) >= 11 is 0. The summed E-state index contributed by atoms with van der Waals surface area (Å²) in [7, 11) is 0. The molecule has 0 aliphatic carbocycles. The van der Waals surface area contributed by atoms with Crippen molar-refractivity contribution in [2.24, 2.45) is 0 Å². The molecule has 194 valence electrons. The second-order valence-electron chi connectivity index (χ2n) is 8.43. The number of carbonyl (C=O) groups excluding carboxylic acids is 2. The van der Waals surface area contributed by atoms with Gasteiger partial charge in [-0.05, 0) is 22.3 Å². The molecule has 0 radical (unpaired) electrons. The van der Waals surface area contributed by atoms with E-state index in [0.29, 0.717) is 33.4 Å². The molecule has 4 aromatic rings. The zero-order valence-corrected chi connectivity index (χ0v) is 21.5. The van der Waals surface area contributed by atoms with Gasteiger partial charge in [0.1, 0.15) is 24.9 Å². The standard InChI is InChI=1S/C34H24N2O4/c1-36-32(31(27-18-10-4-11-19-27)28-20-12-5-13-21-28)34(38)40-23-22-39-33(37)29(24-35)30(25-14-6-2-7-15-25)26-16-8-3-9-17-26/h2-21H,22-23H2. The number of hydrogen-bond donors (Lipinski definition) is 0. The summed E-state index contributed by atoms with van der Waals surface area (Å²) in [5.41, 5.74) is 3.31. The minimum Gasteiger partial charge on any atom is -0.467 e. The van der Waals surface area contributed by atoms with Crippen LogP contribution in [0.5, 0.6) is 0 Å². The molecule has 0 aromatic heterocycles. The van der Waals surface area contributed by atoms with Gasteiger partial charge < -0.3 is 9.47 Å². The number of hydrogen-bond acceptors (Lipinski definition) is 5. The Balaban J connectivity index is 1.52. The van der Waals surface area contributed by atoms with Crippen LogP contribution in [0.15, 0.2) is 133 Å². The van der Waals surface area contributed by atoms with Gasteiger partial charge in [0.25, 0.3) is 5.70 Å². The van der Waals surface area contributed by atoms with Gasteiger partial charge in [0.15, 0.2) is 0 Å². The molecular formula is C34H24N2O4. The average molecular weight is 525 g/mol. The monoisotopic (exact) mass is 524 g/mol. The highest BCUT2D eigenvalue weighted by Gasteiger charge is 2.22. The lowest BCUT2D eigenvalue weighted by Crippen LogP contribution is -2.17. The number of benzene rings is 4. The molecule has 0 amide bonds. The van der Waals surface area contributed by atoms with Gasteiger partial charge in [0, 0.05) is 11.1 Å². The Hall–Kier alpha value is -5.72. The highest BCUT2D eigenvalue weighted by atomic mass is 16.6. The van der Waals surface area contributed by atoms with Gasteiger partial charge in [-0.2, -0.15) is 5.26 Å². The summed E-state index contributed by atoms with van der Waals surface area (Å²) < 4.78 is 10.6. The van der Waals surface area contributed by atoms with Crippen LogP contribution < -0.4 is 0 Å². The van der Waals surface area contributed by atoms with Crippen LogP contribution in [0.4, 0.5) is 0 Å². The van der Waals surface area contributed by atoms with Crippen molar-refractivity contribution in [3.8, 4) is 6.07 Å². The van der Waals surface area contributed by atoms with Crippen molar-refractivity contribution < 1.29 is 19.1 Å². The number of nitriles is 1. The quantitative estimate of drug-likeness (QED) is 0.0823. The molecule has 0 heterocycles. The van der Waals surface area contributed by atoms with Gasteiger partial charge in [-0.3, -0.25) is 4.79 Å². The SMILES string of the molecule is [C-]#[N+]C(C(=O)OCCOC(=O)C(C#N)=C(c1ccccc1)c1ccccc1)=C(c1ccccc1)c1ccccc1. The fourth-order valence-electron chi connectivity index (χ4n) is 4.13. The van der Waals surface area contributed by atoms with Crippen molar-refractivity contribution in [1.29, 1.82) is 5.26 Å². The first-order valence-electron chi connectivity index (χ1n) is 12.5.